The predicted octanol–water partition coefficient (Wildman–Crippen LogP) is 3.31. The van der Waals surface area contributed by atoms with Crippen molar-refractivity contribution in [2.45, 2.75) is 25.7 Å². The van der Waals surface area contributed by atoms with Crippen LogP contribution < -0.4 is 4.83 Å². The fourth-order valence-electron chi connectivity index (χ4n) is 3.03. The molecule has 0 amide bonds. The molecular formula is C19H20N4O2S. The van der Waals surface area contributed by atoms with Crippen LogP contribution in [0.1, 0.15) is 22.3 Å². The highest BCUT2D eigenvalue weighted by Crippen LogP contribution is 2.22. The lowest BCUT2D eigenvalue weighted by atomic mass is 10.1. The summed E-state index contributed by atoms with van der Waals surface area (Å²) < 4.78 is 25.2. The average Bonchev–Trinajstić information content (AvgIpc) is 3.02. The quantitative estimate of drug-likeness (QED) is 0.535. The summed E-state index contributed by atoms with van der Waals surface area (Å²) in [7, 11) is -3.75. The van der Waals surface area contributed by atoms with Crippen molar-refractivity contribution in [3.63, 3.8) is 0 Å². The number of aryl methyl sites for hydroxylation is 3. The molecule has 3 rings (SSSR count). The first-order valence-electron chi connectivity index (χ1n) is 8.10. The Hall–Kier alpha value is -2.93. The number of aromatic nitrogens is 2. The molecule has 0 unspecified atom stereocenters. The number of hydrogen-bond acceptors (Lipinski definition) is 4. The standard InChI is InChI=1S/C19H20N4O2S/c1-13-9-14(2)19(15(3)10-13)26(24,25)23-21-12-17-11-20-22-18(17)16-7-5-4-6-8-16/h4-12,23H,1-3H3,(H,20,22)/b21-12+. The van der Waals surface area contributed by atoms with Gasteiger partial charge in [0.05, 0.1) is 23.0 Å². The van der Waals surface area contributed by atoms with Crippen molar-refractivity contribution >= 4 is 16.2 Å². The zero-order valence-electron chi connectivity index (χ0n) is 14.8. The molecule has 0 spiro atoms. The van der Waals surface area contributed by atoms with Gasteiger partial charge >= 0.3 is 0 Å². The van der Waals surface area contributed by atoms with E-state index in [0.29, 0.717) is 16.7 Å². The highest BCUT2D eigenvalue weighted by atomic mass is 32.2. The van der Waals surface area contributed by atoms with Gasteiger partial charge in [0.1, 0.15) is 0 Å². The predicted molar refractivity (Wildman–Crippen MR) is 103 cm³/mol. The van der Waals surface area contributed by atoms with Crippen LogP contribution in [0.4, 0.5) is 0 Å². The monoisotopic (exact) mass is 368 g/mol. The molecule has 1 heterocycles. The average molecular weight is 368 g/mol. The van der Waals surface area contributed by atoms with Crippen molar-refractivity contribution in [1.29, 1.82) is 0 Å². The maximum Gasteiger partial charge on any atom is 0.277 e. The molecule has 0 atom stereocenters. The van der Waals surface area contributed by atoms with Gasteiger partial charge in [0, 0.05) is 11.1 Å². The fourth-order valence-corrected chi connectivity index (χ4v) is 4.28. The second-order valence-corrected chi connectivity index (χ2v) is 7.74. The second kappa shape index (κ2) is 7.13. The Morgan fingerprint density at radius 2 is 1.73 bits per heavy atom. The van der Waals surface area contributed by atoms with Crippen LogP contribution in [-0.4, -0.2) is 24.8 Å². The molecule has 26 heavy (non-hydrogen) atoms. The van der Waals surface area contributed by atoms with Crippen LogP contribution in [0.2, 0.25) is 0 Å². The highest BCUT2D eigenvalue weighted by molar-refractivity contribution is 7.89. The van der Waals surface area contributed by atoms with E-state index < -0.39 is 10.0 Å². The van der Waals surface area contributed by atoms with E-state index in [0.717, 1.165) is 16.8 Å². The topological polar surface area (TPSA) is 87.2 Å². The van der Waals surface area contributed by atoms with E-state index in [9.17, 15) is 8.42 Å². The van der Waals surface area contributed by atoms with Crippen LogP contribution in [0, 0.1) is 20.8 Å². The molecule has 7 heteroatoms. The Bertz CT molecular complexity index is 1030. The Kier molecular flexibility index (Phi) is 4.90. The van der Waals surface area contributed by atoms with Gasteiger partial charge in [-0.15, -0.1) is 0 Å². The summed E-state index contributed by atoms with van der Waals surface area (Å²) in [5.41, 5.74) is 4.82. The SMILES string of the molecule is Cc1cc(C)c(S(=O)(=O)N/N=C/c2cn[nH]c2-c2ccccc2)c(C)c1. The Morgan fingerprint density at radius 1 is 1.08 bits per heavy atom. The van der Waals surface area contributed by atoms with Crippen LogP contribution in [0.15, 0.2) is 58.7 Å². The van der Waals surface area contributed by atoms with Crippen molar-refractivity contribution in [3.05, 3.63) is 70.9 Å². The summed E-state index contributed by atoms with van der Waals surface area (Å²) in [6.07, 6.45) is 3.05. The van der Waals surface area contributed by atoms with Crippen LogP contribution in [0.5, 0.6) is 0 Å². The molecule has 0 aliphatic rings. The van der Waals surface area contributed by atoms with E-state index in [2.05, 4.69) is 20.1 Å². The lowest BCUT2D eigenvalue weighted by molar-refractivity contribution is 0.583. The lowest BCUT2D eigenvalue weighted by Crippen LogP contribution is -2.20. The first-order chi connectivity index (χ1) is 12.4. The Balaban J connectivity index is 1.85. The Labute approximate surface area is 153 Å². The molecule has 0 saturated carbocycles. The largest absolute Gasteiger partial charge is 0.277 e. The number of rotatable bonds is 5. The maximum atomic E-state index is 12.6. The van der Waals surface area contributed by atoms with E-state index in [1.165, 1.54) is 6.21 Å². The summed E-state index contributed by atoms with van der Waals surface area (Å²) in [6, 6.07) is 13.3. The summed E-state index contributed by atoms with van der Waals surface area (Å²) in [6.45, 7) is 5.50. The molecule has 2 aromatic carbocycles. The van der Waals surface area contributed by atoms with Crippen LogP contribution in [-0.2, 0) is 10.0 Å². The molecule has 0 aliphatic carbocycles. The first kappa shape index (κ1) is 17.9. The van der Waals surface area contributed by atoms with E-state index in [-0.39, 0.29) is 4.90 Å². The van der Waals surface area contributed by atoms with Gasteiger partial charge in [0.15, 0.2) is 0 Å². The van der Waals surface area contributed by atoms with Crippen molar-refractivity contribution in [1.82, 2.24) is 15.0 Å². The van der Waals surface area contributed by atoms with Gasteiger partial charge in [-0.25, -0.2) is 4.83 Å². The van der Waals surface area contributed by atoms with Crippen molar-refractivity contribution in [3.8, 4) is 11.3 Å². The number of aromatic amines is 1. The van der Waals surface area contributed by atoms with Crippen molar-refractivity contribution < 1.29 is 8.42 Å². The highest BCUT2D eigenvalue weighted by Gasteiger charge is 2.19. The molecule has 0 aliphatic heterocycles. The van der Waals surface area contributed by atoms with Gasteiger partial charge in [-0.05, 0) is 31.9 Å². The van der Waals surface area contributed by atoms with Crippen molar-refractivity contribution in [2.75, 3.05) is 0 Å². The Morgan fingerprint density at radius 3 is 2.38 bits per heavy atom. The maximum absolute atomic E-state index is 12.6. The van der Waals surface area contributed by atoms with Gasteiger partial charge in [-0.2, -0.15) is 18.6 Å². The molecule has 0 saturated heterocycles. The van der Waals surface area contributed by atoms with E-state index >= 15 is 0 Å². The zero-order chi connectivity index (χ0) is 18.7. The van der Waals surface area contributed by atoms with Gasteiger partial charge < -0.3 is 0 Å². The minimum atomic E-state index is -3.75. The first-order valence-corrected chi connectivity index (χ1v) is 9.58. The molecule has 1 aromatic heterocycles. The third-order valence-electron chi connectivity index (χ3n) is 3.98. The zero-order valence-corrected chi connectivity index (χ0v) is 15.6. The minimum Gasteiger partial charge on any atom is -0.277 e. The summed E-state index contributed by atoms with van der Waals surface area (Å²) in [5.74, 6) is 0. The summed E-state index contributed by atoms with van der Waals surface area (Å²) >= 11 is 0. The van der Waals surface area contributed by atoms with E-state index in [4.69, 9.17) is 0 Å². The molecule has 3 aromatic rings. The molecule has 0 bridgehead atoms. The summed E-state index contributed by atoms with van der Waals surface area (Å²) in [5, 5.41) is 10.9. The number of H-pyrrole nitrogens is 1. The molecule has 134 valence electrons. The van der Waals surface area contributed by atoms with Gasteiger partial charge in [0.25, 0.3) is 10.0 Å². The minimum absolute atomic E-state index is 0.260. The smallest absolute Gasteiger partial charge is 0.277 e. The fraction of sp³-hybridized carbons (Fsp3) is 0.158. The third kappa shape index (κ3) is 3.67. The van der Waals surface area contributed by atoms with Gasteiger partial charge in [0.2, 0.25) is 0 Å². The second-order valence-electron chi connectivity index (χ2n) is 6.15. The van der Waals surface area contributed by atoms with Crippen LogP contribution in [0.25, 0.3) is 11.3 Å². The lowest BCUT2D eigenvalue weighted by Gasteiger charge is -2.11. The number of hydrazone groups is 1. The molecule has 2 N–H and O–H groups in total. The number of nitrogens with one attached hydrogen (secondary N) is 2. The third-order valence-corrected chi connectivity index (χ3v) is 5.51. The van der Waals surface area contributed by atoms with Gasteiger partial charge in [-0.3, -0.25) is 5.10 Å². The summed E-state index contributed by atoms with van der Waals surface area (Å²) in [4.78, 5) is 2.55. The van der Waals surface area contributed by atoms with E-state index in [1.807, 2.05) is 49.4 Å². The van der Waals surface area contributed by atoms with Crippen LogP contribution >= 0.6 is 0 Å². The molecule has 6 nitrogen and oxygen atoms in total. The number of nitrogens with zero attached hydrogens (tertiary/aromatic N) is 2. The molecule has 0 fully saturated rings. The van der Waals surface area contributed by atoms with E-state index in [1.54, 1.807) is 20.0 Å². The molecule has 0 radical (unpaired) electrons. The van der Waals surface area contributed by atoms with Crippen molar-refractivity contribution in [2.24, 2.45) is 5.10 Å². The number of benzene rings is 2. The number of hydrogen-bond donors (Lipinski definition) is 2. The van der Waals surface area contributed by atoms with Gasteiger partial charge in [-0.1, -0.05) is 48.0 Å². The normalized spacial score (nSPS) is 11.8. The van der Waals surface area contributed by atoms with Crippen LogP contribution in [0.3, 0.4) is 0 Å². The number of sulfonamides is 1. The molecular weight excluding hydrogens is 348 g/mol.